The van der Waals surface area contributed by atoms with Crippen molar-refractivity contribution in [2.75, 3.05) is 13.2 Å². The van der Waals surface area contributed by atoms with Gasteiger partial charge in [-0.15, -0.1) is 0 Å². The van der Waals surface area contributed by atoms with Crippen LogP contribution >= 0.6 is 0 Å². The second-order valence-electron chi connectivity index (χ2n) is 13.0. The smallest absolute Gasteiger partial charge is 0.435 e. The van der Waals surface area contributed by atoms with E-state index in [2.05, 4.69) is 27.7 Å². The number of aliphatic hydroxyl groups excluding tert-OH is 3. The van der Waals surface area contributed by atoms with E-state index in [4.69, 9.17) is 14.9 Å². The van der Waals surface area contributed by atoms with Gasteiger partial charge in [-0.05, 0) is 104 Å². The molecule has 0 amide bonds. The molecule has 4 fully saturated rings. The molecule has 12 atom stereocenters. The molecule has 5 unspecified atom stereocenters. The quantitative estimate of drug-likeness (QED) is 0.290. The maximum Gasteiger partial charge on any atom is 0.508 e. The van der Waals surface area contributed by atoms with Crippen LogP contribution < -0.4 is 0 Å². The lowest BCUT2D eigenvalue weighted by atomic mass is 9.40. The van der Waals surface area contributed by atoms with E-state index >= 15 is 0 Å². The molecule has 4 N–H and O–H groups in total. The van der Waals surface area contributed by atoms with Crippen LogP contribution in [0.1, 0.15) is 86.0 Å². The van der Waals surface area contributed by atoms with E-state index < -0.39 is 18.4 Å². The second-order valence-corrected chi connectivity index (χ2v) is 13.0. The summed E-state index contributed by atoms with van der Waals surface area (Å²) in [4.78, 5) is 11.5. The Labute approximate surface area is 216 Å². The molecule has 4 aliphatic carbocycles. The van der Waals surface area contributed by atoms with Gasteiger partial charge >= 0.3 is 6.16 Å². The van der Waals surface area contributed by atoms with Crippen LogP contribution in [0.5, 0.6) is 0 Å². The van der Waals surface area contributed by atoms with Crippen molar-refractivity contribution >= 4 is 11.9 Å². The average Bonchev–Trinajstić information content (AvgIpc) is 3.15. The Morgan fingerprint density at radius 3 is 2.44 bits per heavy atom. The van der Waals surface area contributed by atoms with Gasteiger partial charge < -0.3 is 30.2 Å². The summed E-state index contributed by atoms with van der Waals surface area (Å²) in [7, 11) is 0. The molecule has 7 nitrogen and oxygen atoms in total. The maximum atomic E-state index is 11.8. The van der Waals surface area contributed by atoms with Crippen LogP contribution in [0.15, 0.2) is 0 Å². The highest BCUT2D eigenvalue weighted by atomic mass is 16.7. The third-order valence-electron chi connectivity index (χ3n) is 11.3. The molecule has 0 aliphatic heterocycles. The van der Waals surface area contributed by atoms with Gasteiger partial charge in [-0.2, -0.15) is 0 Å². The highest BCUT2D eigenvalue weighted by molar-refractivity contribution is 5.84. The predicted molar refractivity (Wildman–Crippen MR) is 138 cm³/mol. The van der Waals surface area contributed by atoms with E-state index in [0.717, 1.165) is 44.9 Å². The van der Waals surface area contributed by atoms with Crippen molar-refractivity contribution < 1.29 is 29.6 Å². The molecule has 0 heterocycles. The number of carbonyl (C=O) groups is 1. The minimum Gasteiger partial charge on any atom is -0.435 e. The molecule has 0 aromatic carbocycles. The molecule has 7 heteroatoms. The molecule has 0 spiro atoms. The number of carbonyl (C=O) groups excluding carboxylic acids is 1. The lowest BCUT2D eigenvalue weighted by Gasteiger charge is -2.66. The normalized spacial score (nSPS) is 46.7. The molecular weight excluding hydrogens is 458 g/mol. The Morgan fingerprint density at radius 1 is 1.06 bits per heavy atom. The molecule has 206 valence electrons. The van der Waals surface area contributed by atoms with E-state index in [1.807, 2.05) is 0 Å². The Kier molecular flexibility index (Phi) is 8.14. The van der Waals surface area contributed by atoms with E-state index in [9.17, 15) is 20.1 Å². The maximum absolute atomic E-state index is 11.8. The van der Waals surface area contributed by atoms with Gasteiger partial charge in [-0.1, -0.05) is 34.1 Å². The summed E-state index contributed by atoms with van der Waals surface area (Å²) in [5.74, 6) is 1.45. The fraction of sp³-hybridized carbons (Fsp3) is 0.931. The minimum atomic E-state index is -0.733. The number of hydrogen-bond acceptors (Lipinski definition) is 7. The highest BCUT2D eigenvalue weighted by Gasteiger charge is 2.67. The topological polar surface area (TPSA) is 120 Å². The van der Waals surface area contributed by atoms with Crippen molar-refractivity contribution in [1.82, 2.24) is 0 Å². The van der Waals surface area contributed by atoms with Gasteiger partial charge in [0.2, 0.25) is 0 Å². The summed E-state index contributed by atoms with van der Waals surface area (Å²) in [6, 6.07) is 0. The van der Waals surface area contributed by atoms with Crippen molar-refractivity contribution in [2.24, 2.45) is 52.3 Å². The first-order valence-electron chi connectivity index (χ1n) is 14.4. The molecule has 0 bridgehead atoms. The van der Waals surface area contributed by atoms with Gasteiger partial charge in [0.25, 0.3) is 0 Å². The molecule has 0 aromatic rings. The van der Waals surface area contributed by atoms with Gasteiger partial charge in [-0.25, -0.2) is 4.79 Å². The highest BCUT2D eigenvalue weighted by Crippen LogP contribution is 2.69. The Morgan fingerprint density at radius 2 is 1.78 bits per heavy atom. The SMILES string of the molecule is CCOC(=O)OCC(=N)C[C@@H](C)[C@H]1CCC2C3C(O)[C@H](CC)[C@@H]4C[C@H](O)CC[C@]4(C)C3C(O)C[C@@]21C. The zero-order valence-electron chi connectivity index (χ0n) is 22.9. The molecule has 0 radical (unpaired) electrons. The molecular formula is C29H49NO6. The predicted octanol–water partition coefficient (Wildman–Crippen LogP) is 4.80. The van der Waals surface area contributed by atoms with Crippen molar-refractivity contribution in [3.63, 3.8) is 0 Å². The fourth-order valence-electron chi connectivity index (χ4n) is 9.94. The van der Waals surface area contributed by atoms with Crippen molar-refractivity contribution in [3.05, 3.63) is 0 Å². The van der Waals surface area contributed by atoms with Crippen molar-refractivity contribution in [2.45, 2.75) is 104 Å². The molecule has 4 saturated carbocycles. The minimum absolute atomic E-state index is 0.0498. The summed E-state index contributed by atoms with van der Waals surface area (Å²) in [5, 5.41) is 42.4. The molecule has 0 aromatic heterocycles. The van der Waals surface area contributed by atoms with Gasteiger partial charge in [-0.3, -0.25) is 0 Å². The van der Waals surface area contributed by atoms with Crippen LogP contribution in [0, 0.1) is 57.7 Å². The van der Waals surface area contributed by atoms with Crippen LogP contribution in [0.2, 0.25) is 0 Å². The first kappa shape index (κ1) is 27.8. The van der Waals surface area contributed by atoms with Crippen LogP contribution in [0.3, 0.4) is 0 Å². The van der Waals surface area contributed by atoms with Gasteiger partial charge in [0.15, 0.2) is 0 Å². The Balaban J connectivity index is 1.53. The third kappa shape index (κ3) is 4.62. The number of hydrogen-bond donors (Lipinski definition) is 4. The number of aliphatic hydroxyl groups is 3. The van der Waals surface area contributed by atoms with Gasteiger partial charge in [0.05, 0.1) is 24.9 Å². The summed E-state index contributed by atoms with van der Waals surface area (Å²) in [6.45, 7) is 10.9. The zero-order chi connectivity index (χ0) is 26.4. The Bertz CT molecular complexity index is 820. The van der Waals surface area contributed by atoms with Crippen LogP contribution in [0.25, 0.3) is 0 Å². The summed E-state index contributed by atoms with van der Waals surface area (Å²) >= 11 is 0. The second kappa shape index (κ2) is 10.5. The van der Waals surface area contributed by atoms with Crippen molar-refractivity contribution in [1.29, 1.82) is 5.41 Å². The number of ether oxygens (including phenoxy) is 2. The first-order chi connectivity index (χ1) is 17.0. The molecule has 36 heavy (non-hydrogen) atoms. The Hall–Kier alpha value is -1.18. The summed E-state index contributed by atoms with van der Waals surface area (Å²) < 4.78 is 9.86. The van der Waals surface area contributed by atoms with E-state index in [0.29, 0.717) is 24.0 Å². The lowest BCUT2D eigenvalue weighted by Crippen LogP contribution is -2.65. The largest absolute Gasteiger partial charge is 0.508 e. The van der Waals surface area contributed by atoms with Crippen LogP contribution in [-0.4, -0.2) is 58.7 Å². The van der Waals surface area contributed by atoms with Crippen LogP contribution in [0.4, 0.5) is 4.79 Å². The molecule has 0 saturated heterocycles. The first-order valence-corrected chi connectivity index (χ1v) is 14.4. The van der Waals surface area contributed by atoms with E-state index in [-0.39, 0.29) is 59.7 Å². The number of nitrogens with one attached hydrogen (secondary N) is 1. The summed E-state index contributed by atoms with van der Waals surface area (Å²) in [6.07, 6.45) is 4.75. The van der Waals surface area contributed by atoms with Gasteiger partial charge in [0.1, 0.15) is 6.61 Å². The average molecular weight is 508 g/mol. The van der Waals surface area contributed by atoms with Crippen molar-refractivity contribution in [3.8, 4) is 0 Å². The van der Waals surface area contributed by atoms with Gasteiger partial charge in [0, 0.05) is 5.71 Å². The molecule has 4 rings (SSSR count). The monoisotopic (exact) mass is 507 g/mol. The van der Waals surface area contributed by atoms with E-state index in [1.165, 1.54) is 0 Å². The zero-order valence-corrected chi connectivity index (χ0v) is 22.9. The van der Waals surface area contributed by atoms with Crippen LogP contribution in [-0.2, 0) is 9.47 Å². The summed E-state index contributed by atoms with van der Waals surface area (Å²) in [5.41, 5.74) is 0.233. The standard InChI is InChI=1S/C29H49NO6/c1-6-19-22-13-18(31)10-11-28(22,4)25-23(32)14-29(5)20(8-9-21(29)24(25)26(19)33)16(3)12-17(30)15-36-27(34)35-7-2/h16,18-26,30-33H,6-15H2,1-5H3/t16-,18-,19-,20-,21?,22+,23?,24?,25?,26?,28+,29-/m1/s1. The fourth-order valence-corrected chi connectivity index (χ4v) is 9.94. The van der Waals surface area contributed by atoms with E-state index in [1.54, 1.807) is 6.92 Å². The number of fused-ring (bicyclic) bond motifs is 5. The molecule has 4 aliphatic rings. The number of rotatable bonds is 7. The lowest BCUT2D eigenvalue weighted by molar-refractivity contribution is -0.235. The third-order valence-corrected chi connectivity index (χ3v) is 11.3.